The summed E-state index contributed by atoms with van der Waals surface area (Å²) in [5.74, 6) is -1.35. The molecular weight excluding hydrogens is 378 g/mol. The van der Waals surface area contributed by atoms with Crippen LogP contribution < -0.4 is 10.6 Å². The molecule has 6 nitrogen and oxygen atoms in total. The molecule has 2 fully saturated rings. The Labute approximate surface area is 170 Å². The van der Waals surface area contributed by atoms with E-state index in [2.05, 4.69) is 19.2 Å². The van der Waals surface area contributed by atoms with Gasteiger partial charge in [0, 0.05) is 23.6 Å². The van der Waals surface area contributed by atoms with Gasteiger partial charge in [-0.2, -0.15) is 0 Å². The Morgan fingerprint density at radius 1 is 1.25 bits per heavy atom. The number of hydrogen-bond acceptors (Lipinski definition) is 3. The van der Waals surface area contributed by atoms with Gasteiger partial charge in [0.05, 0.1) is 5.69 Å². The number of nitrogens with two attached hydrogens (primary N) is 1. The molecule has 7 heteroatoms. The fourth-order valence-corrected chi connectivity index (χ4v) is 5.46. The smallest absolute Gasteiger partial charge is 0.291 e. The van der Waals surface area contributed by atoms with E-state index in [0.717, 1.165) is 24.8 Å². The molecule has 0 saturated carbocycles. The largest absolute Gasteiger partial charge is 0.326 e. The van der Waals surface area contributed by atoms with Crippen LogP contribution >= 0.6 is 11.6 Å². The number of likely N-dealkylation sites (tertiary alicyclic amines) is 1. The Kier molecular flexibility index (Phi) is 4.74. The van der Waals surface area contributed by atoms with E-state index in [4.69, 9.17) is 11.6 Å². The van der Waals surface area contributed by atoms with Gasteiger partial charge in [0.15, 0.2) is 0 Å². The van der Waals surface area contributed by atoms with Crippen molar-refractivity contribution in [3.8, 4) is 0 Å². The van der Waals surface area contributed by atoms with Crippen LogP contribution in [0, 0.1) is 17.8 Å². The number of carbonyl (C=O) groups is 3. The standard InChI is InChI=1S/C21H26ClN3O3/c1-4-5-8-25-18(26)16-15(9-11(2)3)24-21(17(16)19(25)27)13-10-12(22)6-7-14(13)23-20(21)28/h6-7,10-11,15-17,24H,4-5,8-9H2,1-3H3,(H,23,28)/p+1/t15-,16+,17-,21-/m0/s1. The van der Waals surface area contributed by atoms with Crippen molar-refractivity contribution in [2.45, 2.75) is 51.6 Å². The maximum absolute atomic E-state index is 13.4. The van der Waals surface area contributed by atoms with Crippen molar-refractivity contribution in [2.24, 2.45) is 17.8 Å². The molecule has 1 aromatic rings. The first-order valence-electron chi connectivity index (χ1n) is 10.1. The molecule has 1 aromatic carbocycles. The number of unbranched alkanes of at least 4 members (excludes halogenated alkanes) is 1. The first-order chi connectivity index (χ1) is 13.3. The predicted octanol–water partition coefficient (Wildman–Crippen LogP) is 1.88. The van der Waals surface area contributed by atoms with E-state index in [1.807, 2.05) is 12.2 Å². The fourth-order valence-electron chi connectivity index (χ4n) is 5.29. The normalized spacial score (nSPS) is 31.1. The molecule has 150 valence electrons. The van der Waals surface area contributed by atoms with Crippen molar-refractivity contribution in [2.75, 3.05) is 11.9 Å². The molecule has 28 heavy (non-hydrogen) atoms. The van der Waals surface area contributed by atoms with Gasteiger partial charge in [-0.05, 0) is 30.5 Å². The molecule has 0 aromatic heterocycles. The Morgan fingerprint density at radius 2 is 2.00 bits per heavy atom. The quantitative estimate of drug-likeness (QED) is 0.735. The molecule has 3 aliphatic heterocycles. The Bertz CT molecular complexity index is 855. The van der Waals surface area contributed by atoms with Gasteiger partial charge in [0.1, 0.15) is 17.9 Å². The highest BCUT2D eigenvalue weighted by molar-refractivity contribution is 6.31. The molecule has 4 rings (SSSR count). The van der Waals surface area contributed by atoms with Gasteiger partial charge in [-0.25, -0.2) is 0 Å². The SMILES string of the molecule is CCCCN1C(=O)[C@@H]2[C@H](CC(C)C)[NH2+][C@]3(C(=O)Nc4ccc(Cl)cc43)[C@@H]2C1=O. The van der Waals surface area contributed by atoms with Gasteiger partial charge < -0.3 is 10.6 Å². The minimum absolute atomic E-state index is 0.108. The number of nitrogens with zero attached hydrogens (tertiary/aromatic N) is 1. The molecule has 3 N–H and O–H groups in total. The third-order valence-corrected chi connectivity index (χ3v) is 6.64. The zero-order valence-electron chi connectivity index (χ0n) is 16.5. The van der Waals surface area contributed by atoms with Gasteiger partial charge in [-0.3, -0.25) is 19.3 Å². The van der Waals surface area contributed by atoms with Gasteiger partial charge in [-0.15, -0.1) is 0 Å². The number of anilines is 1. The van der Waals surface area contributed by atoms with Gasteiger partial charge in [-0.1, -0.05) is 38.8 Å². The number of quaternary nitrogens is 1. The maximum Gasteiger partial charge on any atom is 0.291 e. The summed E-state index contributed by atoms with van der Waals surface area (Å²) in [7, 11) is 0. The predicted molar refractivity (Wildman–Crippen MR) is 106 cm³/mol. The van der Waals surface area contributed by atoms with Crippen LogP contribution in [0.3, 0.4) is 0 Å². The second-order valence-electron chi connectivity index (χ2n) is 8.66. The third-order valence-electron chi connectivity index (χ3n) is 6.40. The van der Waals surface area contributed by atoms with Crippen LogP contribution in [0.2, 0.25) is 5.02 Å². The highest BCUT2D eigenvalue weighted by Gasteiger charge is 2.74. The van der Waals surface area contributed by atoms with Crippen LogP contribution in [0.4, 0.5) is 5.69 Å². The van der Waals surface area contributed by atoms with Crippen molar-refractivity contribution < 1.29 is 19.7 Å². The van der Waals surface area contributed by atoms with Crippen molar-refractivity contribution in [3.63, 3.8) is 0 Å². The number of amides is 3. The van der Waals surface area contributed by atoms with Gasteiger partial charge in [0.25, 0.3) is 5.91 Å². The molecular formula is C21H27ClN3O3+. The molecule has 0 unspecified atom stereocenters. The Morgan fingerprint density at radius 3 is 2.68 bits per heavy atom. The van der Waals surface area contributed by atoms with Crippen molar-refractivity contribution in [1.29, 1.82) is 0 Å². The first kappa shape index (κ1) is 19.4. The van der Waals surface area contributed by atoms with Crippen LogP contribution in [-0.4, -0.2) is 35.2 Å². The molecule has 1 spiro atoms. The molecule has 2 saturated heterocycles. The van der Waals surface area contributed by atoms with Crippen LogP contribution in [0.5, 0.6) is 0 Å². The van der Waals surface area contributed by atoms with Gasteiger partial charge >= 0.3 is 0 Å². The number of benzene rings is 1. The molecule has 4 atom stereocenters. The van der Waals surface area contributed by atoms with E-state index in [1.165, 1.54) is 4.90 Å². The number of rotatable bonds is 5. The molecule has 3 aliphatic rings. The maximum atomic E-state index is 13.4. The lowest BCUT2D eigenvalue weighted by Gasteiger charge is -2.26. The number of halogens is 1. The Balaban J connectivity index is 1.84. The summed E-state index contributed by atoms with van der Waals surface area (Å²) < 4.78 is 0. The summed E-state index contributed by atoms with van der Waals surface area (Å²) in [4.78, 5) is 41.3. The number of nitrogens with one attached hydrogen (secondary N) is 1. The van der Waals surface area contributed by atoms with E-state index in [0.29, 0.717) is 23.2 Å². The molecule has 3 heterocycles. The fraction of sp³-hybridized carbons (Fsp3) is 0.571. The summed E-state index contributed by atoms with van der Waals surface area (Å²) in [6.45, 7) is 6.66. The van der Waals surface area contributed by atoms with Crippen LogP contribution in [0.15, 0.2) is 18.2 Å². The van der Waals surface area contributed by atoms with Crippen LogP contribution in [-0.2, 0) is 19.9 Å². The molecule has 0 radical (unpaired) electrons. The van der Waals surface area contributed by atoms with E-state index in [-0.39, 0.29) is 23.8 Å². The molecule has 0 aliphatic carbocycles. The third kappa shape index (κ3) is 2.61. The number of carbonyl (C=O) groups excluding carboxylic acids is 3. The summed E-state index contributed by atoms with van der Waals surface area (Å²) >= 11 is 6.24. The number of hydrogen-bond donors (Lipinski definition) is 2. The topological polar surface area (TPSA) is 83.1 Å². The van der Waals surface area contributed by atoms with Crippen molar-refractivity contribution >= 4 is 35.0 Å². The number of imide groups is 1. The van der Waals surface area contributed by atoms with Gasteiger partial charge in [0.2, 0.25) is 17.4 Å². The van der Waals surface area contributed by atoms with Crippen LogP contribution in [0.25, 0.3) is 0 Å². The van der Waals surface area contributed by atoms with E-state index in [9.17, 15) is 14.4 Å². The minimum atomic E-state index is -1.11. The van der Waals surface area contributed by atoms with E-state index in [1.54, 1.807) is 18.2 Å². The summed E-state index contributed by atoms with van der Waals surface area (Å²) in [5, 5.41) is 5.43. The summed E-state index contributed by atoms with van der Waals surface area (Å²) in [6, 6.07) is 5.17. The lowest BCUT2D eigenvalue weighted by atomic mass is 9.76. The average molecular weight is 405 g/mol. The van der Waals surface area contributed by atoms with E-state index >= 15 is 0 Å². The second kappa shape index (κ2) is 6.85. The highest BCUT2D eigenvalue weighted by Crippen LogP contribution is 2.50. The summed E-state index contributed by atoms with van der Waals surface area (Å²) in [5.41, 5.74) is 0.296. The zero-order chi connectivity index (χ0) is 20.2. The minimum Gasteiger partial charge on any atom is -0.326 e. The monoisotopic (exact) mass is 404 g/mol. The lowest BCUT2D eigenvalue weighted by molar-refractivity contribution is -0.734. The first-order valence-corrected chi connectivity index (χ1v) is 10.5. The van der Waals surface area contributed by atoms with E-state index < -0.39 is 17.4 Å². The summed E-state index contributed by atoms with van der Waals surface area (Å²) in [6.07, 6.45) is 2.45. The van der Waals surface area contributed by atoms with Crippen molar-refractivity contribution in [1.82, 2.24) is 4.90 Å². The Hall–Kier alpha value is -1.92. The number of fused-ring (bicyclic) bond motifs is 4. The highest BCUT2D eigenvalue weighted by atomic mass is 35.5. The second-order valence-corrected chi connectivity index (χ2v) is 9.09. The average Bonchev–Trinajstić information content (AvgIpc) is 3.19. The van der Waals surface area contributed by atoms with Crippen molar-refractivity contribution in [3.05, 3.63) is 28.8 Å². The lowest BCUT2D eigenvalue weighted by Crippen LogP contribution is -2.99. The van der Waals surface area contributed by atoms with Crippen LogP contribution in [0.1, 0.15) is 45.6 Å². The molecule has 0 bridgehead atoms. The zero-order valence-corrected chi connectivity index (χ0v) is 17.3. The molecule has 3 amide bonds.